The van der Waals surface area contributed by atoms with E-state index in [1.165, 1.54) is 12.4 Å². The Kier molecular flexibility index (Phi) is 3.79. The molecule has 1 aromatic heterocycles. The molecule has 0 saturated carbocycles. The van der Waals surface area contributed by atoms with Crippen LogP contribution in [0.5, 0.6) is 11.8 Å². The molecule has 0 aliphatic heterocycles. The molecular weight excluding hydrogens is 250 g/mol. The number of rotatable bonds is 3. The number of nitrogens with two attached hydrogens (primary N) is 1. The predicted molar refractivity (Wildman–Crippen MR) is 70.9 cm³/mol. The van der Waals surface area contributed by atoms with Crippen molar-refractivity contribution in [3.8, 4) is 11.8 Å². The first-order valence-corrected chi connectivity index (χ1v) is 5.93. The van der Waals surface area contributed by atoms with Gasteiger partial charge in [-0.25, -0.2) is 9.97 Å². The molecule has 94 valence electrons. The number of hydrogen-bond donors (Lipinski definition) is 1. The first-order valence-electron chi connectivity index (χ1n) is 5.55. The summed E-state index contributed by atoms with van der Waals surface area (Å²) in [6.45, 7) is 4.45. The van der Waals surface area contributed by atoms with Gasteiger partial charge in [0.2, 0.25) is 0 Å². The Morgan fingerprint density at radius 3 is 2.22 bits per heavy atom. The second-order valence-corrected chi connectivity index (χ2v) is 4.49. The summed E-state index contributed by atoms with van der Waals surface area (Å²) in [5.74, 6) is 0.759. The van der Waals surface area contributed by atoms with Gasteiger partial charge in [-0.3, -0.25) is 0 Å². The molecule has 0 aliphatic rings. The van der Waals surface area contributed by atoms with Crippen molar-refractivity contribution in [1.29, 1.82) is 0 Å². The minimum Gasteiger partial charge on any atom is -0.424 e. The van der Waals surface area contributed by atoms with Gasteiger partial charge in [0.25, 0.3) is 0 Å². The molecule has 0 unspecified atom stereocenters. The van der Waals surface area contributed by atoms with Gasteiger partial charge in [-0.1, -0.05) is 23.7 Å². The van der Waals surface area contributed by atoms with Gasteiger partial charge in [-0.15, -0.1) is 0 Å². The lowest BCUT2D eigenvalue weighted by Gasteiger charge is -2.11. The molecule has 1 aromatic carbocycles. The largest absolute Gasteiger partial charge is 0.424 e. The summed E-state index contributed by atoms with van der Waals surface area (Å²) in [5.41, 5.74) is 8.72. The monoisotopic (exact) mass is 263 g/mol. The highest BCUT2D eigenvalue weighted by molar-refractivity contribution is 6.30. The summed E-state index contributed by atoms with van der Waals surface area (Å²) in [4.78, 5) is 8.02. The van der Waals surface area contributed by atoms with Crippen molar-refractivity contribution < 1.29 is 4.74 Å². The van der Waals surface area contributed by atoms with Crippen LogP contribution in [0.4, 0.5) is 0 Å². The maximum absolute atomic E-state index is 5.72. The third-order valence-electron chi connectivity index (χ3n) is 2.55. The highest BCUT2D eigenvalue weighted by Crippen LogP contribution is 2.28. The van der Waals surface area contributed by atoms with E-state index < -0.39 is 0 Å². The summed E-state index contributed by atoms with van der Waals surface area (Å²) in [6.07, 6.45) is 3.01. The lowest BCUT2D eigenvalue weighted by Crippen LogP contribution is -2.00. The fourth-order valence-electron chi connectivity index (χ4n) is 1.76. The fraction of sp³-hybridized carbons (Fsp3) is 0.231. The summed E-state index contributed by atoms with van der Waals surface area (Å²) in [7, 11) is 0. The number of ether oxygens (including phenoxy) is 1. The molecule has 0 atom stereocenters. The van der Waals surface area contributed by atoms with Crippen LogP contribution in [-0.2, 0) is 6.54 Å². The smallest absolute Gasteiger partial charge is 0.321 e. The molecule has 2 N–H and O–H groups in total. The molecule has 5 heteroatoms. The first-order chi connectivity index (χ1) is 8.60. The van der Waals surface area contributed by atoms with E-state index in [9.17, 15) is 0 Å². The lowest BCUT2D eigenvalue weighted by atomic mass is 10.1. The molecule has 2 aromatic rings. The van der Waals surface area contributed by atoms with Crippen LogP contribution in [0.15, 0.2) is 24.5 Å². The van der Waals surface area contributed by atoms with E-state index >= 15 is 0 Å². The fourth-order valence-corrected chi connectivity index (χ4v) is 1.86. The van der Waals surface area contributed by atoms with Gasteiger partial charge in [-0.05, 0) is 30.5 Å². The molecule has 0 amide bonds. The number of benzene rings is 1. The van der Waals surface area contributed by atoms with E-state index in [0.717, 1.165) is 22.4 Å². The summed E-state index contributed by atoms with van der Waals surface area (Å²) < 4.78 is 5.67. The van der Waals surface area contributed by atoms with Crippen molar-refractivity contribution >= 4 is 11.6 Å². The minimum atomic E-state index is 0.283. The topological polar surface area (TPSA) is 61.0 Å². The Bertz CT molecular complexity index is 532. The van der Waals surface area contributed by atoms with Crippen LogP contribution in [0, 0.1) is 13.8 Å². The van der Waals surface area contributed by atoms with Gasteiger partial charge in [0.05, 0.1) is 17.4 Å². The third-order valence-corrected chi connectivity index (χ3v) is 2.74. The van der Waals surface area contributed by atoms with Crippen LogP contribution < -0.4 is 10.5 Å². The number of aryl methyl sites for hydroxylation is 2. The van der Waals surface area contributed by atoms with E-state index in [1.807, 2.05) is 26.0 Å². The van der Waals surface area contributed by atoms with E-state index in [2.05, 4.69) is 9.97 Å². The Morgan fingerprint density at radius 2 is 1.72 bits per heavy atom. The molecule has 0 aliphatic carbocycles. The van der Waals surface area contributed by atoms with Crippen molar-refractivity contribution in [1.82, 2.24) is 9.97 Å². The van der Waals surface area contributed by atoms with Crippen molar-refractivity contribution in [2.45, 2.75) is 20.4 Å². The van der Waals surface area contributed by atoms with Gasteiger partial charge in [0.1, 0.15) is 5.75 Å². The number of aromatic nitrogens is 2. The Hall–Kier alpha value is -1.65. The summed E-state index contributed by atoms with van der Waals surface area (Å²) in [5, 5.41) is 0.481. The summed E-state index contributed by atoms with van der Waals surface area (Å²) >= 11 is 5.72. The average molecular weight is 264 g/mol. The predicted octanol–water partition coefficient (Wildman–Crippen LogP) is 3.00. The molecule has 4 nitrogen and oxygen atoms in total. The SMILES string of the molecule is Cc1cc(CN)cc(C)c1Oc1ncc(Cl)cn1. The van der Waals surface area contributed by atoms with Crippen LogP contribution in [-0.4, -0.2) is 9.97 Å². The van der Waals surface area contributed by atoms with Gasteiger partial charge in [0, 0.05) is 6.54 Å². The number of halogens is 1. The second-order valence-electron chi connectivity index (χ2n) is 4.05. The van der Waals surface area contributed by atoms with E-state index in [-0.39, 0.29) is 6.01 Å². The standard InChI is InChI=1S/C13H14ClN3O/c1-8-3-10(5-15)4-9(2)12(8)18-13-16-6-11(14)7-17-13/h3-4,6-7H,5,15H2,1-2H3. The zero-order chi connectivity index (χ0) is 13.1. The van der Waals surface area contributed by atoms with E-state index in [1.54, 1.807) is 0 Å². The van der Waals surface area contributed by atoms with E-state index in [4.69, 9.17) is 22.1 Å². The Morgan fingerprint density at radius 1 is 1.17 bits per heavy atom. The van der Waals surface area contributed by atoms with Crippen molar-refractivity contribution in [3.63, 3.8) is 0 Å². The van der Waals surface area contributed by atoms with Crippen LogP contribution in [0.1, 0.15) is 16.7 Å². The zero-order valence-electron chi connectivity index (χ0n) is 10.3. The van der Waals surface area contributed by atoms with Crippen LogP contribution in [0.2, 0.25) is 5.02 Å². The number of nitrogens with zero attached hydrogens (tertiary/aromatic N) is 2. The third kappa shape index (κ3) is 2.78. The Labute approximate surface area is 111 Å². The quantitative estimate of drug-likeness (QED) is 0.925. The zero-order valence-corrected chi connectivity index (χ0v) is 11.0. The molecule has 2 rings (SSSR count). The molecule has 0 spiro atoms. The molecule has 0 bridgehead atoms. The molecule has 18 heavy (non-hydrogen) atoms. The van der Waals surface area contributed by atoms with Gasteiger partial charge in [-0.2, -0.15) is 0 Å². The average Bonchev–Trinajstić information content (AvgIpc) is 2.35. The van der Waals surface area contributed by atoms with Crippen LogP contribution in [0.3, 0.4) is 0 Å². The number of hydrogen-bond acceptors (Lipinski definition) is 4. The maximum Gasteiger partial charge on any atom is 0.321 e. The highest BCUT2D eigenvalue weighted by Gasteiger charge is 2.08. The summed E-state index contributed by atoms with van der Waals surface area (Å²) in [6, 6.07) is 4.28. The molecule has 0 fully saturated rings. The maximum atomic E-state index is 5.72. The molecular formula is C13H14ClN3O. The second kappa shape index (κ2) is 5.33. The van der Waals surface area contributed by atoms with Crippen molar-refractivity contribution in [2.24, 2.45) is 5.73 Å². The van der Waals surface area contributed by atoms with Gasteiger partial charge >= 0.3 is 6.01 Å². The van der Waals surface area contributed by atoms with E-state index in [0.29, 0.717) is 11.6 Å². The van der Waals surface area contributed by atoms with Gasteiger partial charge in [0.15, 0.2) is 0 Å². The first kappa shape index (κ1) is 12.8. The molecule has 0 saturated heterocycles. The molecule has 0 radical (unpaired) electrons. The minimum absolute atomic E-state index is 0.283. The lowest BCUT2D eigenvalue weighted by molar-refractivity contribution is 0.435. The van der Waals surface area contributed by atoms with Crippen molar-refractivity contribution in [2.75, 3.05) is 0 Å². The van der Waals surface area contributed by atoms with Gasteiger partial charge < -0.3 is 10.5 Å². The highest BCUT2D eigenvalue weighted by atomic mass is 35.5. The van der Waals surface area contributed by atoms with Crippen LogP contribution in [0.25, 0.3) is 0 Å². The normalized spacial score (nSPS) is 10.4. The molecule has 1 heterocycles. The van der Waals surface area contributed by atoms with Crippen LogP contribution >= 0.6 is 11.6 Å². The van der Waals surface area contributed by atoms with Crippen molar-refractivity contribution in [3.05, 3.63) is 46.2 Å². The Balaban J connectivity index is 2.31.